The van der Waals surface area contributed by atoms with Gasteiger partial charge in [-0.2, -0.15) is 0 Å². The standard InChI is InChI=1S/C20H26N4O3S/c1-11(2)17-9-16(21-13(4)25)10-18(27-17)14-6-5-7-15(8-14)22-20(26)19-12(3)23-24-28-19/h5-8,11,16-18H,9-10H2,1-4H3,(H,21,25)(H,22,26)/t16-,17-,18+/m1/s1. The third-order valence-corrected chi connectivity index (χ3v) is 5.71. The summed E-state index contributed by atoms with van der Waals surface area (Å²) in [4.78, 5) is 24.5. The Morgan fingerprint density at radius 3 is 2.71 bits per heavy atom. The molecule has 0 radical (unpaired) electrons. The van der Waals surface area contributed by atoms with Crippen LogP contribution >= 0.6 is 11.5 Å². The van der Waals surface area contributed by atoms with Crippen LogP contribution in [0.25, 0.3) is 0 Å². The highest BCUT2D eigenvalue weighted by atomic mass is 32.1. The van der Waals surface area contributed by atoms with Crippen LogP contribution in [0, 0.1) is 12.8 Å². The molecule has 7 nitrogen and oxygen atoms in total. The van der Waals surface area contributed by atoms with Gasteiger partial charge in [-0.3, -0.25) is 9.59 Å². The SMILES string of the molecule is CC(=O)N[C@H]1C[C@@H](c2cccc(NC(=O)c3snnc3C)c2)O[C@@H](C(C)C)C1. The van der Waals surface area contributed by atoms with Gasteiger partial charge in [-0.25, -0.2) is 0 Å². The van der Waals surface area contributed by atoms with Crippen LogP contribution in [0.5, 0.6) is 0 Å². The van der Waals surface area contributed by atoms with Gasteiger partial charge in [0.2, 0.25) is 5.91 Å². The van der Waals surface area contributed by atoms with Crippen molar-refractivity contribution in [3.63, 3.8) is 0 Å². The van der Waals surface area contributed by atoms with Gasteiger partial charge in [-0.15, -0.1) is 5.10 Å². The quantitative estimate of drug-likeness (QED) is 0.799. The van der Waals surface area contributed by atoms with Crippen molar-refractivity contribution >= 4 is 29.0 Å². The summed E-state index contributed by atoms with van der Waals surface area (Å²) in [7, 11) is 0. The van der Waals surface area contributed by atoms with Gasteiger partial charge in [-0.05, 0) is 54.9 Å². The van der Waals surface area contributed by atoms with E-state index in [1.807, 2.05) is 24.3 Å². The predicted molar refractivity (Wildman–Crippen MR) is 108 cm³/mol. The van der Waals surface area contributed by atoms with Gasteiger partial charge >= 0.3 is 0 Å². The molecule has 150 valence electrons. The zero-order chi connectivity index (χ0) is 20.3. The molecule has 2 heterocycles. The Labute approximate surface area is 169 Å². The molecule has 1 aromatic carbocycles. The first kappa shape index (κ1) is 20.4. The van der Waals surface area contributed by atoms with E-state index in [0.717, 1.165) is 23.5 Å². The average molecular weight is 403 g/mol. The van der Waals surface area contributed by atoms with E-state index in [2.05, 4.69) is 34.1 Å². The minimum absolute atomic E-state index is 0.0253. The van der Waals surface area contributed by atoms with Crippen LogP contribution in [0.2, 0.25) is 0 Å². The number of rotatable bonds is 5. The van der Waals surface area contributed by atoms with Crippen molar-refractivity contribution in [1.29, 1.82) is 0 Å². The number of amides is 2. The second-order valence-corrected chi connectivity index (χ2v) is 8.30. The van der Waals surface area contributed by atoms with Crippen LogP contribution in [0.3, 0.4) is 0 Å². The summed E-state index contributed by atoms with van der Waals surface area (Å²) in [6.45, 7) is 7.56. The number of aromatic nitrogens is 2. The van der Waals surface area contributed by atoms with Gasteiger partial charge in [0, 0.05) is 18.7 Å². The molecule has 0 spiro atoms. The zero-order valence-electron chi connectivity index (χ0n) is 16.6. The molecule has 28 heavy (non-hydrogen) atoms. The monoisotopic (exact) mass is 402 g/mol. The minimum Gasteiger partial charge on any atom is -0.370 e. The highest BCUT2D eigenvalue weighted by molar-refractivity contribution is 7.08. The third-order valence-electron chi connectivity index (χ3n) is 4.88. The van der Waals surface area contributed by atoms with E-state index < -0.39 is 0 Å². The molecule has 2 amide bonds. The third kappa shape index (κ3) is 4.94. The van der Waals surface area contributed by atoms with E-state index in [0.29, 0.717) is 28.6 Å². The van der Waals surface area contributed by atoms with Crippen molar-refractivity contribution in [3.05, 3.63) is 40.4 Å². The number of benzene rings is 1. The fourth-order valence-corrected chi connectivity index (χ4v) is 4.00. The minimum atomic E-state index is -0.217. The van der Waals surface area contributed by atoms with Crippen LogP contribution in [-0.4, -0.2) is 33.5 Å². The molecule has 1 aromatic heterocycles. The summed E-state index contributed by atoms with van der Waals surface area (Å²) in [5.41, 5.74) is 2.30. The highest BCUT2D eigenvalue weighted by Crippen LogP contribution is 2.35. The van der Waals surface area contributed by atoms with E-state index in [1.54, 1.807) is 13.8 Å². The number of aryl methyl sites for hydroxylation is 1. The second kappa shape index (κ2) is 8.79. The van der Waals surface area contributed by atoms with E-state index in [-0.39, 0.29) is 30.1 Å². The summed E-state index contributed by atoms with van der Waals surface area (Å²) in [5, 5.41) is 9.83. The maximum Gasteiger partial charge on any atom is 0.269 e. The topological polar surface area (TPSA) is 93.2 Å². The largest absolute Gasteiger partial charge is 0.370 e. The van der Waals surface area contributed by atoms with E-state index in [9.17, 15) is 9.59 Å². The molecule has 1 saturated heterocycles. The lowest BCUT2D eigenvalue weighted by atomic mass is 9.89. The number of carbonyl (C=O) groups is 2. The Bertz CT molecular complexity index is 851. The second-order valence-electron chi connectivity index (χ2n) is 7.54. The summed E-state index contributed by atoms with van der Waals surface area (Å²) < 4.78 is 10.1. The lowest BCUT2D eigenvalue weighted by Gasteiger charge is -2.38. The van der Waals surface area contributed by atoms with Crippen molar-refractivity contribution in [1.82, 2.24) is 14.9 Å². The van der Waals surface area contributed by atoms with Gasteiger partial charge in [-0.1, -0.05) is 30.5 Å². The van der Waals surface area contributed by atoms with Crippen molar-refractivity contribution in [3.8, 4) is 0 Å². The van der Waals surface area contributed by atoms with Crippen molar-refractivity contribution in [2.24, 2.45) is 5.92 Å². The van der Waals surface area contributed by atoms with Crippen LogP contribution in [-0.2, 0) is 9.53 Å². The van der Waals surface area contributed by atoms with Crippen LogP contribution in [0.15, 0.2) is 24.3 Å². The molecular weight excluding hydrogens is 376 g/mol. The Morgan fingerprint density at radius 1 is 1.29 bits per heavy atom. The van der Waals surface area contributed by atoms with Crippen molar-refractivity contribution < 1.29 is 14.3 Å². The van der Waals surface area contributed by atoms with E-state index in [1.165, 1.54) is 0 Å². The normalized spacial score (nSPS) is 22.1. The van der Waals surface area contributed by atoms with E-state index >= 15 is 0 Å². The molecule has 1 aliphatic rings. The number of nitrogens with zero attached hydrogens (tertiary/aromatic N) is 2. The molecule has 8 heteroatoms. The molecule has 3 atom stereocenters. The molecule has 2 aromatic rings. The Kier molecular flexibility index (Phi) is 6.41. The smallest absolute Gasteiger partial charge is 0.269 e. The van der Waals surface area contributed by atoms with Gasteiger partial charge < -0.3 is 15.4 Å². The molecule has 1 aliphatic heterocycles. The lowest BCUT2D eigenvalue weighted by molar-refractivity contribution is -0.123. The summed E-state index contributed by atoms with van der Waals surface area (Å²) in [6, 6.07) is 7.75. The number of ether oxygens (including phenoxy) is 1. The van der Waals surface area contributed by atoms with Crippen molar-refractivity contribution in [2.45, 2.75) is 58.8 Å². The fraction of sp³-hybridized carbons (Fsp3) is 0.500. The lowest BCUT2D eigenvalue weighted by Crippen LogP contribution is -2.43. The zero-order valence-corrected chi connectivity index (χ0v) is 17.4. The first-order valence-corrected chi connectivity index (χ1v) is 10.2. The van der Waals surface area contributed by atoms with Gasteiger partial charge in [0.05, 0.1) is 17.9 Å². The number of hydrogen-bond donors (Lipinski definition) is 2. The number of hydrogen-bond acceptors (Lipinski definition) is 6. The highest BCUT2D eigenvalue weighted by Gasteiger charge is 2.32. The van der Waals surface area contributed by atoms with Crippen LogP contribution < -0.4 is 10.6 Å². The molecule has 0 bridgehead atoms. The molecule has 1 fully saturated rings. The maximum absolute atomic E-state index is 12.4. The molecule has 0 saturated carbocycles. The number of carbonyl (C=O) groups excluding carboxylic acids is 2. The summed E-state index contributed by atoms with van der Waals surface area (Å²) >= 11 is 1.08. The van der Waals surface area contributed by atoms with Crippen molar-refractivity contribution in [2.75, 3.05) is 5.32 Å². The Hall–Kier alpha value is -2.32. The number of nitrogens with one attached hydrogen (secondary N) is 2. The predicted octanol–water partition coefficient (Wildman–Crippen LogP) is 3.48. The van der Waals surface area contributed by atoms with E-state index in [4.69, 9.17) is 4.74 Å². The molecule has 0 unspecified atom stereocenters. The van der Waals surface area contributed by atoms with Gasteiger partial charge in [0.15, 0.2) is 0 Å². The summed E-state index contributed by atoms with van der Waals surface area (Å²) in [5.74, 6) is 0.108. The summed E-state index contributed by atoms with van der Waals surface area (Å²) in [6.07, 6.45) is 1.45. The molecule has 0 aliphatic carbocycles. The van der Waals surface area contributed by atoms with Crippen LogP contribution in [0.1, 0.15) is 60.6 Å². The first-order chi connectivity index (χ1) is 13.3. The van der Waals surface area contributed by atoms with Crippen LogP contribution in [0.4, 0.5) is 5.69 Å². The molecule has 2 N–H and O–H groups in total. The molecular formula is C20H26N4O3S. The Balaban J connectivity index is 1.76. The first-order valence-electron chi connectivity index (χ1n) is 9.46. The van der Waals surface area contributed by atoms with Gasteiger partial charge in [0.1, 0.15) is 4.88 Å². The average Bonchev–Trinajstić information content (AvgIpc) is 3.07. The number of anilines is 1. The Morgan fingerprint density at radius 2 is 2.07 bits per heavy atom. The van der Waals surface area contributed by atoms with Gasteiger partial charge in [0.25, 0.3) is 5.91 Å². The molecule has 3 rings (SSSR count). The maximum atomic E-state index is 12.4. The fourth-order valence-electron chi connectivity index (χ4n) is 3.45.